The maximum atomic E-state index is 11.2. The van der Waals surface area contributed by atoms with Crippen molar-refractivity contribution in [3.63, 3.8) is 0 Å². The molecule has 1 N–H and O–H groups in total. The van der Waals surface area contributed by atoms with Crippen molar-refractivity contribution in [2.75, 3.05) is 7.11 Å². The van der Waals surface area contributed by atoms with Crippen molar-refractivity contribution >= 4 is 6.09 Å². The van der Waals surface area contributed by atoms with Crippen molar-refractivity contribution in [1.82, 2.24) is 5.32 Å². The normalized spacial score (nSPS) is 18.9. The first-order chi connectivity index (χ1) is 6.51. The molecule has 0 aromatic carbocycles. The molecule has 0 saturated heterocycles. The van der Waals surface area contributed by atoms with E-state index in [1.54, 1.807) is 0 Å². The van der Waals surface area contributed by atoms with Gasteiger partial charge >= 0.3 is 6.09 Å². The second-order valence-electron chi connectivity index (χ2n) is 4.79. The van der Waals surface area contributed by atoms with Crippen LogP contribution in [0.2, 0.25) is 0 Å². The molecule has 0 radical (unpaired) electrons. The van der Waals surface area contributed by atoms with Gasteiger partial charge in [0, 0.05) is 6.04 Å². The first-order valence-corrected chi connectivity index (χ1v) is 5.35. The summed E-state index contributed by atoms with van der Waals surface area (Å²) in [5, 5.41) is 2.96. The van der Waals surface area contributed by atoms with Crippen LogP contribution in [0.4, 0.5) is 4.79 Å². The third-order valence-corrected chi connectivity index (χ3v) is 3.31. The lowest BCUT2D eigenvalue weighted by molar-refractivity contribution is 0.143. The van der Waals surface area contributed by atoms with E-state index in [0.717, 1.165) is 6.42 Å². The fourth-order valence-corrected chi connectivity index (χ4v) is 1.79. The van der Waals surface area contributed by atoms with E-state index in [1.165, 1.54) is 20.0 Å². The maximum absolute atomic E-state index is 11.2. The molecule has 1 amide bonds. The Balaban J connectivity index is 2.59. The molecule has 3 nitrogen and oxygen atoms in total. The minimum atomic E-state index is -0.302. The molecule has 1 saturated carbocycles. The van der Waals surface area contributed by atoms with Crippen molar-refractivity contribution in [2.24, 2.45) is 11.3 Å². The summed E-state index contributed by atoms with van der Waals surface area (Å²) in [7, 11) is 1.41. The Morgan fingerprint density at radius 3 is 2.50 bits per heavy atom. The SMILES string of the molecule is CCC(C)(C)[C@@H](NC(=O)OC)C1CC1. The van der Waals surface area contributed by atoms with E-state index in [9.17, 15) is 4.79 Å². The molecule has 3 heteroatoms. The van der Waals surface area contributed by atoms with Crippen LogP contribution in [0, 0.1) is 11.3 Å². The largest absolute Gasteiger partial charge is 0.453 e. The molecule has 0 bridgehead atoms. The Morgan fingerprint density at radius 2 is 2.14 bits per heavy atom. The number of hydrogen-bond acceptors (Lipinski definition) is 2. The van der Waals surface area contributed by atoms with Crippen molar-refractivity contribution in [2.45, 2.75) is 46.1 Å². The van der Waals surface area contributed by atoms with Gasteiger partial charge in [0.2, 0.25) is 0 Å². The van der Waals surface area contributed by atoms with E-state index in [-0.39, 0.29) is 17.6 Å². The Kier molecular flexibility index (Phi) is 3.40. The molecule has 0 heterocycles. The number of nitrogens with one attached hydrogen (secondary N) is 1. The summed E-state index contributed by atoms with van der Waals surface area (Å²) in [6.45, 7) is 6.56. The summed E-state index contributed by atoms with van der Waals surface area (Å²) in [5.41, 5.74) is 0.162. The highest BCUT2D eigenvalue weighted by atomic mass is 16.5. The van der Waals surface area contributed by atoms with Crippen molar-refractivity contribution < 1.29 is 9.53 Å². The molecular formula is C11H21NO2. The smallest absolute Gasteiger partial charge is 0.407 e. The molecule has 0 unspecified atom stereocenters. The summed E-state index contributed by atoms with van der Waals surface area (Å²) in [6.07, 6.45) is 3.23. The van der Waals surface area contributed by atoms with E-state index in [0.29, 0.717) is 5.92 Å². The Morgan fingerprint density at radius 1 is 1.57 bits per heavy atom. The Labute approximate surface area is 86.2 Å². The zero-order valence-electron chi connectivity index (χ0n) is 9.59. The first-order valence-electron chi connectivity index (χ1n) is 5.35. The number of ether oxygens (including phenoxy) is 1. The molecular weight excluding hydrogens is 178 g/mol. The minimum Gasteiger partial charge on any atom is -0.453 e. The number of amides is 1. The van der Waals surface area contributed by atoms with Gasteiger partial charge in [0.05, 0.1) is 7.11 Å². The van der Waals surface area contributed by atoms with Crippen LogP contribution in [0.1, 0.15) is 40.0 Å². The summed E-state index contributed by atoms with van der Waals surface area (Å²) in [4.78, 5) is 11.2. The molecule has 1 fully saturated rings. The Hall–Kier alpha value is -0.730. The van der Waals surface area contributed by atoms with Crippen molar-refractivity contribution in [3.8, 4) is 0 Å². The molecule has 1 atom stereocenters. The van der Waals surface area contributed by atoms with Crippen LogP contribution in [-0.4, -0.2) is 19.2 Å². The maximum Gasteiger partial charge on any atom is 0.407 e. The topological polar surface area (TPSA) is 38.3 Å². The van der Waals surface area contributed by atoms with Crippen molar-refractivity contribution in [3.05, 3.63) is 0 Å². The van der Waals surface area contributed by atoms with Gasteiger partial charge in [0.25, 0.3) is 0 Å². The van der Waals surface area contributed by atoms with Gasteiger partial charge in [-0.25, -0.2) is 4.79 Å². The third-order valence-electron chi connectivity index (χ3n) is 3.31. The predicted molar refractivity (Wildman–Crippen MR) is 56.1 cm³/mol. The van der Waals surface area contributed by atoms with E-state index in [1.807, 2.05) is 0 Å². The number of hydrogen-bond donors (Lipinski definition) is 1. The number of carbonyl (C=O) groups excluding carboxylic acids is 1. The van der Waals surface area contributed by atoms with E-state index >= 15 is 0 Å². The second kappa shape index (κ2) is 4.20. The highest BCUT2D eigenvalue weighted by Crippen LogP contribution is 2.41. The highest BCUT2D eigenvalue weighted by Gasteiger charge is 2.41. The molecule has 82 valence electrons. The molecule has 0 spiro atoms. The number of rotatable bonds is 4. The van der Waals surface area contributed by atoms with Crippen LogP contribution in [-0.2, 0) is 4.74 Å². The average molecular weight is 199 g/mol. The number of alkyl carbamates (subject to hydrolysis) is 1. The lowest BCUT2D eigenvalue weighted by Crippen LogP contribution is -2.46. The van der Waals surface area contributed by atoms with Crippen LogP contribution < -0.4 is 5.32 Å². The standard InChI is InChI=1S/C11H21NO2/c1-5-11(2,3)9(8-6-7-8)12-10(13)14-4/h8-9H,5-7H2,1-4H3,(H,12,13)/t9-/m0/s1. The van der Waals surface area contributed by atoms with E-state index in [4.69, 9.17) is 0 Å². The third kappa shape index (κ3) is 2.63. The monoisotopic (exact) mass is 199 g/mol. The van der Waals surface area contributed by atoms with Gasteiger partial charge < -0.3 is 10.1 Å². The molecule has 0 aromatic heterocycles. The van der Waals surface area contributed by atoms with Gasteiger partial charge in [0.1, 0.15) is 0 Å². The first kappa shape index (κ1) is 11.3. The average Bonchev–Trinajstić information content (AvgIpc) is 2.96. The molecule has 0 aliphatic heterocycles. The molecule has 14 heavy (non-hydrogen) atoms. The fourth-order valence-electron chi connectivity index (χ4n) is 1.79. The van der Waals surface area contributed by atoms with Crippen LogP contribution in [0.5, 0.6) is 0 Å². The summed E-state index contributed by atoms with van der Waals surface area (Å²) in [5.74, 6) is 0.657. The lowest BCUT2D eigenvalue weighted by atomic mass is 9.79. The highest BCUT2D eigenvalue weighted by molar-refractivity contribution is 5.67. The second-order valence-corrected chi connectivity index (χ2v) is 4.79. The van der Waals surface area contributed by atoms with Crippen LogP contribution >= 0.6 is 0 Å². The predicted octanol–water partition coefficient (Wildman–Crippen LogP) is 2.56. The van der Waals surface area contributed by atoms with Gasteiger partial charge in [0.15, 0.2) is 0 Å². The van der Waals surface area contributed by atoms with Gasteiger partial charge in [-0.15, -0.1) is 0 Å². The molecule has 1 aliphatic carbocycles. The summed E-state index contributed by atoms with van der Waals surface area (Å²) >= 11 is 0. The number of carbonyl (C=O) groups is 1. The molecule has 1 aliphatic rings. The fraction of sp³-hybridized carbons (Fsp3) is 0.909. The van der Waals surface area contributed by atoms with E-state index in [2.05, 4.69) is 30.8 Å². The minimum absolute atomic E-state index is 0.162. The molecule has 0 aromatic rings. The number of methoxy groups -OCH3 is 1. The van der Waals surface area contributed by atoms with Crippen LogP contribution in [0.15, 0.2) is 0 Å². The van der Waals surface area contributed by atoms with Gasteiger partial charge in [-0.2, -0.15) is 0 Å². The van der Waals surface area contributed by atoms with Crippen LogP contribution in [0.25, 0.3) is 0 Å². The van der Waals surface area contributed by atoms with E-state index < -0.39 is 0 Å². The zero-order chi connectivity index (χ0) is 10.8. The molecule has 1 rings (SSSR count). The van der Waals surface area contributed by atoms with Gasteiger partial charge in [-0.3, -0.25) is 0 Å². The van der Waals surface area contributed by atoms with Gasteiger partial charge in [-0.1, -0.05) is 20.8 Å². The zero-order valence-corrected chi connectivity index (χ0v) is 9.59. The van der Waals surface area contributed by atoms with Crippen LogP contribution in [0.3, 0.4) is 0 Å². The summed E-state index contributed by atoms with van der Waals surface area (Å²) < 4.78 is 4.65. The quantitative estimate of drug-likeness (QED) is 0.755. The summed E-state index contributed by atoms with van der Waals surface area (Å²) in [6, 6.07) is 0.264. The van der Waals surface area contributed by atoms with Gasteiger partial charge in [-0.05, 0) is 30.6 Å². The Bertz CT molecular complexity index is 209. The van der Waals surface area contributed by atoms with Crippen molar-refractivity contribution in [1.29, 1.82) is 0 Å². The lowest BCUT2D eigenvalue weighted by Gasteiger charge is -2.33.